The predicted molar refractivity (Wildman–Crippen MR) is 93.6 cm³/mol. The molecule has 1 aromatic carbocycles. The summed E-state index contributed by atoms with van der Waals surface area (Å²) in [6.45, 7) is 8.41. The van der Waals surface area contributed by atoms with Crippen molar-refractivity contribution in [3.8, 4) is 5.75 Å². The van der Waals surface area contributed by atoms with Gasteiger partial charge in [-0.3, -0.25) is 0 Å². The number of hydrogen-bond acceptors (Lipinski definition) is 5. The SMILES string of the molecule is CC(O)CCNc1ccc2c(c1)CC(CNC(=O)OC(C)(C)C)O2. The maximum absolute atomic E-state index is 11.7. The van der Waals surface area contributed by atoms with Gasteiger partial charge < -0.3 is 25.2 Å². The van der Waals surface area contributed by atoms with Gasteiger partial charge in [0.1, 0.15) is 17.5 Å². The minimum atomic E-state index is -0.504. The van der Waals surface area contributed by atoms with Crippen LogP contribution in [0.1, 0.15) is 39.7 Å². The van der Waals surface area contributed by atoms with Gasteiger partial charge in [-0.2, -0.15) is 0 Å². The third-order valence-corrected chi connectivity index (χ3v) is 3.57. The van der Waals surface area contributed by atoms with Crippen LogP contribution in [0.5, 0.6) is 5.75 Å². The number of carbonyl (C=O) groups excluding carboxylic acids is 1. The van der Waals surface area contributed by atoms with Crippen molar-refractivity contribution in [1.29, 1.82) is 0 Å². The number of ether oxygens (including phenoxy) is 2. The van der Waals surface area contributed by atoms with Crippen LogP contribution in [-0.4, -0.2) is 42.1 Å². The van der Waals surface area contributed by atoms with Gasteiger partial charge in [-0.1, -0.05) is 0 Å². The van der Waals surface area contributed by atoms with E-state index < -0.39 is 11.7 Å². The van der Waals surface area contributed by atoms with Crippen LogP contribution in [0.3, 0.4) is 0 Å². The van der Waals surface area contributed by atoms with Crippen LogP contribution >= 0.6 is 0 Å². The van der Waals surface area contributed by atoms with Gasteiger partial charge in [0.2, 0.25) is 0 Å². The average molecular weight is 336 g/mol. The van der Waals surface area contributed by atoms with E-state index in [1.807, 2.05) is 32.9 Å². The first-order valence-electron chi connectivity index (χ1n) is 8.41. The number of amides is 1. The quantitative estimate of drug-likeness (QED) is 0.744. The summed E-state index contributed by atoms with van der Waals surface area (Å²) in [6.07, 6.45) is 0.633. The molecule has 0 spiro atoms. The van der Waals surface area contributed by atoms with Crippen molar-refractivity contribution in [2.24, 2.45) is 0 Å². The number of rotatable bonds is 6. The third kappa shape index (κ3) is 5.92. The Kier molecular flexibility index (Phi) is 5.94. The van der Waals surface area contributed by atoms with Crippen molar-refractivity contribution in [1.82, 2.24) is 5.32 Å². The molecule has 0 saturated heterocycles. The van der Waals surface area contributed by atoms with E-state index in [1.165, 1.54) is 0 Å². The molecule has 134 valence electrons. The molecular weight excluding hydrogens is 308 g/mol. The molecule has 0 saturated carbocycles. The molecule has 1 heterocycles. The molecule has 0 aromatic heterocycles. The topological polar surface area (TPSA) is 79.8 Å². The van der Waals surface area contributed by atoms with Gasteiger partial charge in [0.05, 0.1) is 12.6 Å². The van der Waals surface area contributed by atoms with Crippen molar-refractivity contribution in [2.75, 3.05) is 18.4 Å². The monoisotopic (exact) mass is 336 g/mol. The second-order valence-electron chi connectivity index (χ2n) is 7.21. The Balaban J connectivity index is 1.80. The van der Waals surface area contributed by atoms with E-state index in [2.05, 4.69) is 16.7 Å². The molecule has 1 aliphatic rings. The maximum Gasteiger partial charge on any atom is 0.407 e. The molecule has 2 rings (SSSR count). The fourth-order valence-electron chi connectivity index (χ4n) is 2.48. The first-order chi connectivity index (χ1) is 11.2. The normalized spacial score (nSPS) is 17.6. The first kappa shape index (κ1) is 18.4. The first-order valence-corrected chi connectivity index (χ1v) is 8.41. The van der Waals surface area contributed by atoms with E-state index in [0.717, 1.165) is 30.0 Å². The lowest BCUT2D eigenvalue weighted by Gasteiger charge is -2.20. The average Bonchev–Trinajstić information content (AvgIpc) is 2.85. The van der Waals surface area contributed by atoms with Gasteiger partial charge in [0.25, 0.3) is 0 Å². The largest absolute Gasteiger partial charge is 0.488 e. The molecule has 6 nitrogen and oxygen atoms in total. The number of carbonyl (C=O) groups is 1. The van der Waals surface area contributed by atoms with Crippen LogP contribution in [0.25, 0.3) is 0 Å². The summed E-state index contributed by atoms with van der Waals surface area (Å²) in [7, 11) is 0. The molecule has 1 amide bonds. The molecule has 24 heavy (non-hydrogen) atoms. The molecule has 3 N–H and O–H groups in total. The van der Waals surface area contributed by atoms with Crippen LogP contribution in [0.4, 0.5) is 10.5 Å². The Hall–Kier alpha value is -1.95. The summed E-state index contributed by atoms with van der Waals surface area (Å²) >= 11 is 0. The fourth-order valence-corrected chi connectivity index (χ4v) is 2.48. The Labute approximate surface area is 143 Å². The standard InChI is InChI=1S/C18H28N2O4/c1-12(21)7-8-19-14-5-6-16-13(9-14)10-15(23-16)11-20-17(22)24-18(2,3)4/h5-6,9,12,15,19,21H,7-8,10-11H2,1-4H3,(H,20,22). The van der Waals surface area contributed by atoms with Gasteiger partial charge in [0, 0.05) is 18.7 Å². The highest BCUT2D eigenvalue weighted by atomic mass is 16.6. The van der Waals surface area contributed by atoms with Crippen molar-refractivity contribution in [2.45, 2.75) is 58.3 Å². The highest BCUT2D eigenvalue weighted by molar-refractivity contribution is 5.67. The lowest BCUT2D eigenvalue weighted by molar-refractivity contribution is 0.0506. The Bertz CT molecular complexity index is 567. The van der Waals surface area contributed by atoms with E-state index in [-0.39, 0.29) is 12.2 Å². The Morgan fingerprint density at radius 1 is 1.46 bits per heavy atom. The molecular formula is C18H28N2O4. The van der Waals surface area contributed by atoms with Crippen LogP contribution < -0.4 is 15.4 Å². The van der Waals surface area contributed by atoms with Gasteiger partial charge >= 0.3 is 6.09 Å². The van der Waals surface area contributed by atoms with Gasteiger partial charge in [-0.15, -0.1) is 0 Å². The van der Waals surface area contributed by atoms with E-state index >= 15 is 0 Å². The summed E-state index contributed by atoms with van der Waals surface area (Å²) in [5.41, 5.74) is 1.63. The van der Waals surface area contributed by atoms with Crippen LogP contribution in [-0.2, 0) is 11.2 Å². The second-order valence-corrected chi connectivity index (χ2v) is 7.21. The lowest BCUT2D eigenvalue weighted by atomic mass is 10.1. The second kappa shape index (κ2) is 7.75. The number of benzene rings is 1. The summed E-state index contributed by atoms with van der Waals surface area (Å²) in [5.74, 6) is 0.854. The number of hydrogen-bond donors (Lipinski definition) is 3. The van der Waals surface area contributed by atoms with Gasteiger partial charge in [0.15, 0.2) is 0 Å². The van der Waals surface area contributed by atoms with E-state index in [9.17, 15) is 9.90 Å². The molecule has 1 aliphatic heterocycles. The highest BCUT2D eigenvalue weighted by Crippen LogP contribution is 2.31. The summed E-state index contributed by atoms with van der Waals surface area (Å²) in [6, 6.07) is 5.96. The Morgan fingerprint density at radius 3 is 2.88 bits per heavy atom. The zero-order valence-corrected chi connectivity index (χ0v) is 14.9. The van der Waals surface area contributed by atoms with Gasteiger partial charge in [-0.25, -0.2) is 4.79 Å². The minimum absolute atomic E-state index is 0.0831. The molecule has 6 heteroatoms. The number of aliphatic hydroxyl groups excluding tert-OH is 1. The molecule has 1 aromatic rings. The van der Waals surface area contributed by atoms with Crippen molar-refractivity contribution in [3.05, 3.63) is 23.8 Å². The van der Waals surface area contributed by atoms with E-state index in [0.29, 0.717) is 13.0 Å². The molecule has 0 bridgehead atoms. The summed E-state index contributed by atoms with van der Waals surface area (Å²) < 4.78 is 11.1. The van der Waals surface area contributed by atoms with Crippen LogP contribution in [0, 0.1) is 0 Å². The van der Waals surface area contributed by atoms with Crippen LogP contribution in [0.2, 0.25) is 0 Å². The molecule has 2 unspecified atom stereocenters. The summed E-state index contributed by atoms with van der Waals surface area (Å²) in [4.78, 5) is 11.7. The number of anilines is 1. The molecule has 2 atom stereocenters. The van der Waals surface area contributed by atoms with Crippen LogP contribution in [0.15, 0.2) is 18.2 Å². The summed E-state index contributed by atoms with van der Waals surface area (Å²) in [5, 5.41) is 15.3. The fraction of sp³-hybridized carbons (Fsp3) is 0.611. The number of alkyl carbamates (subject to hydrolysis) is 1. The van der Waals surface area contributed by atoms with E-state index in [4.69, 9.17) is 9.47 Å². The van der Waals surface area contributed by atoms with Crippen molar-refractivity contribution in [3.63, 3.8) is 0 Å². The lowest BCUT2D eigenvalue weighted by Crippen LogP contribution is -2.38. The smallest absolute Gasteiger partial charge is 0.407 e. The van der Waals surface area contributed by atoms with E-state index in [1.54, 1.807) is 6.92 Å². The zero-order valence-electron chi connectivity index (χ0n) is 14.9. The van der Waals surface area contributed by atoms with Crippen molar-refractivity contribution < 1.29 is 19.4 Å². The number of aliphatic hydroxyl groups is 1. The highest BCUT2D eigenvalue weighted by Gasteiger charge is 2.24. The molecule has 0 radical (unpaired) electrons. The zero-order chi connectivity index (χ0) is 17.7. The minimum Gasteiger partial charge on any atom is -0.488 e. The molecule has 0 fully saturated rings. The predicted octanol–water partition coefficient (Wildman–Crippen LogP) is 2.70. The third-order valence-electron chi connectivity index (χ3n) is 3.57. The molecule has 0 aliphatic carbocycles. The Morgan fingerprint density at radius 2 is 2.21 bits per heavy atom. The number of fused-ring (bicyclic) bond motifs is 1. The van der Waals surface area contributed by atoms with Gasteiger partial charge in [-0.05, 0) is 57.9 Å². The maximum atomic E-state index is 11.7. The van der Waals surface area contributed by atoms with Crippen molar-refractivity contribution >= 4 is 11.8 Å². The number of nitrogens with one attached hydrogen (secondary N) is 2.